The van der Waals surface area contributed by atoms with E-state index in [9.17, 15) is 5.11 Å². The van der Waals surface area contributed by atoms with Crippen LogP contribution in [0.4, 0.5) is 0 Å². The minimum atomic E-state index is -0.739. The minimum Gasteiger partial charge on any atom is -0.386 e. The van der Waals surface area contributed by atoms with Crippen LogP contribution in [0.15, 0.2) is 18.2 Å². The predicted octanol–water partition coefficient (Wildman–Crippen LogP) is 1.95. The van der Waals surface area contributed by atoms with Gasteiger partial charge in [0.25, 0.3) is 0 Å². The third-order valence-electron chi connectivity index (χ3n) is 3.03. The molecular formula is C13H19NO. The Balaban J connectivity index is 2.48. The number of fused-ring (bicyclic) bond motifs is 1. The molecular weight excluding hydrogens is 186 g/mol. The van der Waals surface area contributed by atoms with Gasteiger partial charge in [0, 0.05) is 6.54 Å². The zero-order chi connectivity index (χ0) is 10.9. The summed E-state index contributed by atoms with van der Waals surface area (Å²) in [5, 5.41) is 13.5. The van der Waals surface area contributed by atoms with Crippen molar-refractivity contribution in [2.24, 2.45) is 0 Å². The van der Waals surface area contributed by atoms with Crippen molar-refractivity contribution >= 4 is 0 Å². The Bertz CT molecular complexity index is 352. The van der Waals surface area contributed by atoms with E-state index in [1.165, 1.54) is 17.5 Å². The van der Waals surface area contributed by atoms with Crippen LogP contribution in [0, 0.1) is 0 Å². The lowest BCUT2D eigenvalue weighted by Crippen LogP contribution is -2.21. The summed E-state index contributed by atoms with van der Waals surface area (Å²) in [5.41, 5.74) is 3.01. The van der Waals surface area contributed by atoms with Crippen LogP contribution in [0.25, 0.3) is 0 Å². The summed E-state index contributed by atoms with van der Waals surface area (Å²) in [6, 6.07) is 6.26. The second-order valence-electron chi connectivity index (χ2n) is 4.78. The van der Waals surface area contributed by atoms with E-state index in [4.69, 9.17) is 0 Å². The minimum absolute atomic E-state index is 0.739. The topological polar surface area (TPSA) is 32.3 Å². The van der Waals surface area contributed by atoms with Crippen molar-refractivity contribution in [2.75, 3.05) is 6.54 Å². The first-order valence-electron chi connectivity index (χ1n) is 5.63. The maximum atomic E-state index is 10.1. The lowest BCUT2D eigenvalue weighted by atomic mass is 9.89. The summed E-state index contributed by atoms with van der Waals surface area (Å²) in [6.45, 7) is 5.66. The lowest BCUT2D eigenvalue weighted by molar-refractivity contribution is 0.0774. The van der Waals surface area contributed by atoms with E-state index in [1.807, 2.05) is 19.9 Å². The van der Waals surface area contributed by atoms with Gasteiger partial charge in [0.05, 0.1) is 5.60 Å². The summed E-state index contributed by atoms with van der Waals surface area (Å²) in [7, 11) is 0. The van der Waals surface area contributed by atoms with Crippen LogP contribution < -0.4 is 5.32 Å². The van der Waals surface area contributed by atoms with Gasteiger partial charge in [0.1, 0.15) is 0 Å². The van der Waals surface area contributed by atoms with E-state index in [-0.39, 0.29) is 0 Å². The lowest BCUT2D eigenvalue weighted by Gasteiger charge is -2.23. The highest BCUT2D eigenvalue weighted by Gasteiger charge is 2.22. The van der Waals surface area contributed by atoms with Gasteiger partial charge < -0.3 is 10.4 Å². The highest BCUT2D eigenvalue weighted by Crippen LogP contribution is 2.27. The molecule has 0 amide bonds. The van der Waals surface area contributed by atoms with Crippen LogP contribution in [0.2, 0.25) is 0 Å². The number of aliphatic hydroxyl groups is 1. The average molecular weight is 205 g/mol. The molecule has 2 nitrogen and oxygen atoms in total. The van der Waals surface area contributed by atoms with E-state index in [0.717, 1.165) is 25.1 Å². The first-order chi connectivity index (χ1) is 7.09. The fourth-order valence-corrected chi connectivity index (χ4v) is 2.27. The van der Waals surface area contributed by atoms with Gasteiger partial charge in [0.2, 0.25) is 0 Å². The molecule has 0 bridgehead atoms. The van der Waals surface area contributed by atoms with E-state index in [1.54, 1.807) is 0 Å². The van der Waals surface area contributed by atoms with Gasteiger partial charge in [-0.15, -0.1) is 0 Å². The summed E-state index contributed by atoms with van der Waals surface area (Å²) in [6.07, 6.45) is 2.30. The van der Waals surface area contributed by atoms with Crippen LogP contribution in [-0.4, -0.2) is 11.7 Å². The van der Waals surface area contributed by atoms with Crippen molar-refractivity contribution < 1.29 is 5.11 Å². The number of hydrogen-bond acceptors (Lipinski definition) is 2. The Kier molecular flexibility index (Phi) is 2.81. The second-order valence-corrected chi connectivity index (χ2v) is 4.78. The molecule has 1 aromatic rings. The summed E-state index contributed by atoms with van der Waals surface area (Å²) < 4.78 is 0. The Labute approximate surface area is 91.3 Å². The van der Waals surface area contributed by atoms with Crippen molar-refractivity contribution in [3.63, 3.8) is 0 Å². The number of hydrogen-bond donors (Lipinski definition) is 2. The van der Waals surface area contributed by atoms with Crippen molar-refractivity contribution in [1.82, 2.24) is 5.32 Å². The molecule has 1 aromatic carbocycles. The van der Waals surface area contributed by atoms with E-state index in [0.29, 0.717) is 0 Å². The standard InChI is InChI=1S/C13H19NO/c1-13(2,15)12-7-3-5-10-6-4-8-14-9-11(10)12/h3,5,7,14-15H,4,6,8-9H2,1-2H3. The Hall–Kier alpha value is -0.860. The van der Waals surface area contributed by atoms with Crippen molar-refractivity contribution in [2.45, 2.75) is 38.8 Å². The van der Waals surface area contributed by atoms with Crippen molar-refractivity contribution in [1.29, 1.82) is 0 Å². The van der Waals surface area contributed by atoms with E-state index >= 15 is 0 Å². The molecule has 2 N–H and O–H groups in total. The molecule has 0 spiro atoms. The number of aryl methyl sites for hydroxylation is 1. The molecule has 0 aliphatic carbocycles. The molecule has 0 unspecified atom stereocenters. The zero-order valence-corrected chi connectivity index (χ0v) is 9.51. The van der Waals surface area contributed by atoms with Gasteiger partial charge in [-0.25, -0.2) is 0 Å². The van der Waals surface area contributed by atoms with Gasteiger partial charge in [-0.3, -0.25) is 0 Å². The first-order valence-corrected chi connectivity index (χ1v) is 5.63. The van der Waals surface area contributed by atoms with Gasteiger partial charge >= 0.3 is 0 Å². The van der Waals surface area contributed by atoms with Gasteiger partial charge in [-0.1, -0.05) is 18.2 Å². The third-order valence-corrected chi connectivity index (χ3v) is 3.03. The van der Waals surface area contributed by atoms with Crippen LogP contribution in [0.1, 0.15) is 37.0 Å². The zero-order valence-electron chi connectivity index (χ0n) is 9.51. The molecule has 2 heteroatoms. The van der Waals surface area contributed by atoms with E-state index in [2.05, 4.69) is 17.4 Å². The normalized spacial score (nSPS) is 17.0. The summed E-state index contributed by atoms with van der Waals surface area (Å²) in [4.78, 5) is 0. The fourth-order valence-electron chi connectivity index (χ4n) is 2.27. The van der Waals surface area contributed by atoms with E-state index < -0.39 is 5.60 Å². The molecule has 2 rings (SSSR count). The SMILES string of the molecule is CC(C)(O)c1cccc2c1CNCCC2. The van der Waals surface area contributed by atoms with Crippen LogP contribution in [0.3, 0.4) is 0 Å². The molecule has 15 heavy (non-hydrogen) atoms. The molecule has 1 aliphatic rings. The second kappa shape index (κ2) is 3.95. The van der Waals surface area contributed by atoms with Gasteiger partial charge in [-0.2, -0.15) is 0 Å². The quantitative estimate of drug-likeness (QED) is 0.734. The number of benzene rings is 1. The molecule has 0 aromatic heterocycles. The molecule has 0 saturated heterocycles. The average Bonchev–Trinajstić information content (AvgIpc) is 2.39. The first kappa shape index (κ1) is 10.7. The smallest absolute Gasteiger partial charge is 0.0843 e. The van der Waals surface area contributed by atoms with Crippen LogP contribution in [0.5, 0.6) is 0 Å². The maximum absolute atomic E-state index is 10.1. The monoisotopic (exact) mass is 205 g/mol. The molecule has 1 aliphatic heterocycles. The van der Waals surface area contributed by atoms with Gasteiger partial charge in [-0.05, 0) is 49.9 Å². The molecule has 82 valence electrons. The van der Waals surface area contributed by atoms with Crippen molar-refractivity contribution in [3.8, 4) is 0 Å². The summed E-state index contributed by atoms with van der Waals surface area (Å²) in [5.74, 6) is 0. The number of nitrogens with one attached hydrogen (secondary N) is 1. The molecule has 0 saturated carbocycles. The Morgan fingerprint density at radius 2 is 2.13 bits per heavy atom. The Morgan fingerprint density at radius 3 is 2.87 bits per heavy atom. The fraction of sp³-hybridized carbons (Fsp3) is 0.538. The molecule has 1 heterocycles. The Morgan fingerprint density at radius 1 is 1.33 bits per heavy atom. The predicted molar refractivity (Wildman–Crippen MR) is 61.7 cm³/mol. The highest BCUT2D eigenvalue weighted by atomic mass is 16.3. The number of rotatable bonds is 1. The van der Waals surface area contributed by atoms with Crippen molar-refractivity contribution in [3.05, 3.63) is 34.9 Å². The highest BCUT2D eigenvalue weighted by molar-refractivity contribution is 5.39. The molecule has 0 radical (unpaired) electrons. The largest absolute Gasteiger partial charge is 0.386 e. The molecule has 0 fully saturated rings. The van der Waals surface area contributed by atoms with Gasteiger partial charge in [0.15, 0.2) is 0 Å². The third kappa shape index (κ3) is 2.21. The molecule has 0 atom stereocenters. The van der Waals surface area contributed by atoms with Crippen LogP contribution in [-0.2, 0) is 18.6 Å². The maximum Gasteiger partial charge on any atom is 0.0843 e. The van der Waals surface area contributed by atoms with Crippen LogP contribution >= 0.6 is 0 Å². The summed E-state index contributed by atoms with van der Waals surface area (Å²) >= 11 is 0.